The van der Waals surface area contributed by atoms with Gasteiger partial charge in [0.2, 0.25) is 0 Å². The Labute approximate surface area is 159 Å². The van der Waals surface area contributed by atoms with E-state index in [0.717, 1.165) is 16.2 Å². The first-order chi connectivity index (χ1) is 12.8. The zero-order valence-electron chi connectivity index (χ0n) is 16.1. The van der Waals surface area contributed by atoms with E-state index in [2.05, 4.69) is 0 Å². The molecule has 6 heteroatoms. The van der Waals surface area contributed by atoms with Crippen LogP contribution in [0.3, 0.4) is 0 Å². The van der Waals surface area contributed by atoms with E-state index in [-0.39, 0.29) is 13.2 Å². The van der Waals surface area contributed by atoms with Crippen LogP contribution in [-0.2, 0) is 13.8 Å². The molecule has 0 atom stereocenters. The van der Waals surface area contributed by atoms with Gasteiger partial charge in [-0.15, -0.1) is 0 Å². The van der Waals surface area contributed by atoms with Gasteiger partial charge in [-0.05, 0) is 0 Å². The van der Waals surface area contributed by atoms with E-state index >= 15 is 0 Å². The van der Waals surface area contributed by atoms with Gasteiger partial charge in [-0.3, -0.25) is 0 Å². The van der Waals surface area contributed by atoms with Crippen LogP contribution in [0.4, 0.5) is 0 Å². The van der Waals surface area contributed by atoms with Crippen molar-refractivity contribution in [3.63, 3.8) is 0 Å². The Balaban J connectivity index is 2.52. The van der Waals surface area contributed by atoms with E-state index in [9.17, 15) is 9.69 Å². The number of hydrogen-bond acceptors (Lipinski definition) is 5. The van der Waals surface area contributed by atoms with Crippen molar-refractivity contribution in [3.8, 4) is 0 Å². The summed E-state index contributed by atoms with van der Waals surface area (Å²) in [5, 5.41) is 3.59. The fourth-order valence-corrected chi connectivity index (χ4v) is 6.36. The first-order valence-electron chi connectivity index (χ1n) is 8.94. The van der Waals surface area contributed by atoms with Crippen molar-refractivity contribution in [2.24, 2.45) is 0 Å². The van der Waals surface area contributed by atoms with Crippen LogP contribution < -0.4 is 5.30 Å². The van der Waals surface area contributed by atoms with E-state index in [1.54, 1.807) is 12.7 Å². The van der Waals surface area contributed by atoms with Crippen molar-refractivity contribution in [1.82, 2.24) is 0 Å². The minimum absolute atomic E-state index is 0.280. The number of ether oxygens (including phenoxy) is 1. The normalized spacial score (nSPS) is 13.4. The molecular weight excluding hydrogens is 363 g/mol. The standard InChI is InChI=1S/C21H25O5P/c1-5-25-27(4,23,26-6-2)18-13-9-11-16-14-15-10-7-8-12-17(15)20(19(16)18)21(22)24-3/h7-14,23H,5-6H2,1-4H3. The van der Waals surface area contributed by atoms with Gasteiger partial charge in [-0.1, -0.05) is 0 Å². The first kappa shape index (κ1) is 19.7. The average molecular weight is 388 g/mol. The van der Waals surface area contributed by atoms with E-state index in [0.29, 0.717) is 16.3 Å². The average Bonchev–Trinajstić information content (AvgIpc) is 2.65. The summed E-state index contributed by atoms with van der Waals surface area (Å²) in [5.41, 5.74) is 0.408. The Hall–Kier alpha value is -2.04. The molecular formula is C21H25O5P. The minimum atomic E-state index is -4.17. The molecule has 0 aliphatic rings. The van der Waals surface area contributed by atoms with Gasteiger partial charge in [0, 0.05) is 0 Å². The van der Waals surface area contributed by atoms with Crippen molar-refractivity contribution in [2.75, 3.05) is 27.0 Å². The molecule has 0 bridgehead atoms. The second kappa shape index (κ2) is 7.17. The molecule has 0 spiro atoms. The third kappa shape index (κ3) is 3.32. The Bertz CT molecular complexity index is 1000. The summed E-state index contributed by atoms with van der Waals surface area (Å²) in [4.78, 5) is 24.4. The Kier molecular flexibility index (Phi) is 5.24. The molecule has 0 aliphatic carbocycles. The molecule has 144 valence electrons. The molecule has 0 fully saturated rings. The van der Waals surface area contributed by atoms with Crippen molar-refractivity contribution in [2.45, 2.75) is 13.8 Å². The van der Waals surface area contributed by atoms with Crippen molar-refractivity contribution < 1.29 is 23.5 Å². The summed E-state index contributed by atoms with van der Waals surface area (Å²) in [6, 6.07) is 15.1. The molecule has 0 radical (unpaired) electrons. The number of hydrogen-bond donors (Lipinski definition) is 1. The zero-order chi connectivity index (χ0) is 19.7. The fourth-order valence-electron chi connectivity index (χ4n) is 3.62. The second-order valence-corrected chi connectivity index (χ2v) is 10.1. The Morgan fingerprint density at radius 2 is 1.63 bits per heavy atom. The molecule has 0 aliphatic heterocycles. The maximum atomic E-state index is 12.8. The van der Waals surface area contributed by atoms with Crippen LogP contribution in [0.5, 0.6) is 0 Å². The topological polar surface area (TPSA) is 65.0 Å². The molecule has 3 rings (SSSR count). The molecule has 0 amide bonds. The predicted octanol–water partition coefficient (Wildman–Crippen LogP) is 4.40. The summed E-state index contributed by atoms with van der Waals surface area (Å²) >= 11 is 0. The van der Waals surface area contributed by atoms with Crippen LogP contribution in [0.25, 0.3) is 21.5 Å². The first-order valence-corrected chi connectivity index (χ1v) is 11.4. The SMILES string of the molecule is CCOP(C)(O)(OCC)c1cccc2cc3ccccc3c(C(=O)OC)c12. The second-order valence-electron chi connectivity index (χ2n) is 6.48. The van der Waals surface area contributed by atoms with Gasteiger partial charge in [0.25, 0.3) is 0 Å². The van der Waals surface area contributed by atoms with Gasteiger partial charge >= 0.3 is 159 Å². The summed E-state index contributed by atoms with van der Waals surface area (Å²) in [6.45, 7) is 5.78. The number of fused-ring (bicyclic) bond motifs is 2. The molecule has 0 saturated heterocycles. The molecule has 0 aromatic heterocycles. The summed E-state index contributed by atoms with van der Waals surface area (Å²) in [7, 11) is -2.81. The molecule has 1 N–H and O–H groups in total. The van der Waals surface area contributed by atoms with Gasteiger partial charge < -0.3 is 0 Å². The van der Waals surface area contributed by atoms with Gasteiger partial charge in [0.05, 0.1) is 0 Å². The molecule has 0 saturated carbocycles. The van der Waals surface area contributed by atoms with Crippen LogP contribution in [0.1, 0.15) is 24.2 Å². The number of carbonyl (C=O) groups is 1. The number of benzene rings is 3. The van der Waals surface area contributed by atoms with Gasteiger partial charge in [0.1, 0.15) is 0 Å². The summed E-state index contributed by atoms with van der Waals surface area (Å²) < 4.78 is 16.8. The summed E-state index contributed by atoms with van der Waals surface area (Å²) in [5.74, 6) is -0.462. The monoisotopic (exact) mass is 388 g/mol. The van der Waals surface area contributed by atoms with Gasteiger partial charge in [-0.2, -0.15) is 0 Å². The van der Waals surface area contributed by atoms with Crippen LogP contribution in [0, 0.1) is 0 Å². The Morgan fingerprint density at radius 3 is 2.26 bits per heavy atom. The van der Waals surface area contributed by atoms with E-state index < -0.39 is 13.3 Å². The van der Waals surface area contributed by atoms with Crippen LogP contribution in [-0.4, -0.2) is 37.9 Å². The molecule has 5 nitrogen and oxygen atoms in total. The van der Waals surface area contributed by atoms with Gasteiger partial charge in [-0.25, -0.2) is 0 Å². The van der Waals surface area contributed by atoms with Crippen molar-refractivity contribution in [3.05, 3.63) is 54.1 Å². The quantitative estimate of drug-likeness (QED) is 0.385. The zero-order valence-corrected chi connectivity index (χ0v) is 17.0. The molecule has 27 heavy (non-hydrogen) atoms. The number of esters is 1. The van der Waals surface area contributed by atoms with E-state index in [4.69, 9.17) is 13.8 Å². The maximum absolute atomic E-state index is 12.8. The molecule has 3 aromatic carbocycles. The molecule has 3 aromatic rings. The van der Waals surface area contributed by atoms with Crippen molar-refractivity contribution in [1.29, 1.82) is 0 Å². The third-order valence-electron chi connectivity index (χ3n) is 4.67. The third-order valence-corrected chi connectivity index (χ3v) is 7.86. The summed E-state index contributed by atoms with van der Waals surface area (Å²) in [6.07, 6.45) is 0. The number of carbonyl (C=O) groups excluding carboxylic acids is 1. The number of rotatable bonds is 6. The fraction of sp³-hybridized carbons (Fsp3) is 0.286. The molecule has 0 heterocycles. The molecule has 0 unspecified atom stereocenters. The van der Waals surface area contributed by atoms with Crippen LogP contribution in [0.15, 0.2) is 48.5 Å². The van der Waals surface area contributed by atoms with Crippen LogP contribution >= 0.6 is 7.28 Å². The van der Waals surface area contributed by atoms with Crippen LogP contribution in [0.2, 0.25) is 0 Å². The van der Waals surface area contributed by atoms with E-state index in [1.165, 1.54) is 7.11 Å². The van der Waals surface area contributed by atoms with Gasteiger partial charge in [0.15, 0.2) is 0 Å². The van der Waals surface area contributed by atoms with Crippen molar-refractivity contribution >= 4 is 40.1 Å². The predicted molar refractivity (Wildman–Crippen MR) is 111 cm³/mol. The van der Waals surface area contributed by atoms with E-state index in [1.807, 2.05) is 56.3 Å². The number of methoxy groups -OCH3 is 1. The Morgan fingerprint density at radius 1 is 1.00 bits per heavy atom.